The average Bonchev–Trinajstić information content (AvgIpc) is 2.92. The first-order valence-corrected chi connectivity index (χ1v) is 6.40. The first-order chi connectivity index (χ1) is 8.72. The molecule has 0 bridgehead atoms. The molecule has 0 spiro atoms. The maximum Gasteiger partial charge on any atom is 0.255 e. The Labute approximate surface area is 108 Å². The summed E-state index contributed by atoms with van der Waals surface area (Å²) in [5, 5.41) is 0. The van der Waals surface area contributed by atoms with Gasteiger partial charge in [-0.3, -0.25) is 4.79 Å². The Bertz CT molecular complexity index is 397. The quantitative estimate of drug-likeness (QED) is 0.874. The predicted octanol–water partition coefficient (Wildman–Crippen LogP) is 1.33. The van der Waals surface area contributed by atoms with Crippen LogP contribution in [0.15, 0.2) is 24.3 Å². The zero-order valence-corrected chi connectivity index (χ0v) is 10.8. The second-order valence-corrected chi connectivity index (χ2v) is 4.60. The highest BCUT2D eigenvalue weighted by Crippen LogP contribution is 2.19. The fourth-order valence-corrected chi connectivity index (χ4v) is 2.17. The molecule has 1 unspecified atom stereocenters. The smallest absolute Gasteiger partial charge is 0.255 e. The topological polar surface area (TPSA) is 55.6 Å². The first kappa shape index (κ1) is 13.1. The monoisotopic (exact) mass is 248 g/mol. The molecule has 98 valence electrons. The number of anilines is 1. The van der Waals surface area contributed by atoms with E-state index in [1.165, 1.54) is 5.56 Å². The molecule has 4 heteroatoms. The van der Waals surface area contributed by atoms with Gasteiger partial charge in [-0.25, -0.2) is 0 Å². The molecule has 1 atom stereocenters. The van der Waals surface area contributed by atoms with Crippen molar-refractivity contribution in [2.75, 3.05) is 25.1 Å². The van der Waals surface area contributed by atoms with Crippen molar-refractivity contribution in [2.45, 2.75) is 25.4 Å². The van der Waals surface area contributed by atoms with Gasteiger partial charge in [-0.1, -0.05) is 12.1 Å². The minimum Gasteiger partial charge on any atom is -0.368 e. The molecular formula is C14H20N2O2. The molecule has 1 aromatic carbocycles. The highest BCUT2D eigenvalue weighted by Gasteiger charge is 2.26. The highest BCUT2D eigenvalue weighted by molar-refractivity contribution is 5.96. The van der Waals surface area contributed by atoms with Crippen LogP contribution in [0.3, 0.4) is 0 Å². The van der Waals surface area contributed by atoms with Crippen molar-refractivity contribution in [1.29, 1.82) is 0 Å². The number of carbonyl (C=O) groups excluding carboxylic acids is 1. The molecular weight excluding hydrogens is 228 g/mol. The Morgan fingerprint density at radius 2 is 2.17 bits per heavy atom. The molecule has 1 aliphatic rings. The van der Waals surface area contributed by atoms with Crippen molar-refractivity contribution in [2.24, 2.45) is 5.73 Å². The van der Waals surface area contributed by atoms with Crippen molar-refractivity contribution in [1.82, 2.24) is 0 Å². The fourth-order valence-electron chi connectivity index (χ4n) is 2.17. The molecule has 2 rings (SSSR count). The summed E-state index contributed by atoms with van der Waals surface area (Å²) < 4.78 is 5.41. The van der Waals surface area contributed by atoms with Gasteiger partial charge in [0.2, 0.25) is 0 Å². The zero-order chi connectivity index (χ0) is 13.0. The molecule has 0 radical (unpaired) electrons. The van der Waals surface area contributed by atoms with Crippen molar-refractivity contribution in [3.8, 4) is 0 Å². The second-order valence-electron chi connectivity index (χ2n) is 4.60. The third kappa shape index (κ3) is 2.89. The molecule has 2 N–H and O–H groups in total. The molecule has 4 nitrogen and oxygen atoms in total. The molecule has 1 fully saturated rings. The Balaban J connectivity index is 2.03. The number of hydrogen-bond acceptors (Lipinski definition) is 3. The highest BCUT2D eigenvalue weighted by atomic mass is 16.5. The van der Waals surface area contributed by atoms with Gasteiger partial charge in [0.15, 0.2) is 0 Å². The molecule has 1 saturated heterocycles. The van der Waals surface area contributed by atoms with Crippen molar-refractivity contribution >= 4 is 11.6 Å². The summed E-state index contributed by atoms with van der Waals surface area (Å²) in [5.41, 5.74) is 7.60. The SMILES string of the molecule is CN(C(=O)C1CCCO1)c1ccc(CCN)cc1. The van der Waals surface area contributed by atoms with Gasteiger partial charge in [0.1, 0.15) is 6.10 Å². The number of nitrogens with two attached hydrogens (primary N) is 1. The van der Waals surface area contributed by atoms with Crippen LogP contribution in [0.5, 0.6) is 0 Å². The lowest BCUT2D eigenvalue weighted by Crippen LogP contribution is -2.35. The number of amides is 1. The number of hydrogen-bond donors (Lipinski definition) is 1. The molecule has 0 saturated carbocycles. The predicted molar refractivity (Wildman–Crippen MR) is 71.6 cm³/mol. The van der Waals surface area contributed by atoms with E-state index in [1.807, 2.05) is 24.3 Å². The van der Waals surface area contributed by atoms with Gasteiger partial charge in [0.25, 0.3) is 5.91 Å². The van der Waals surface area contributed by atoms with Crippen LogP contribution in [-0.4, -0.2) is 32.2 Å². The lowest BCUT2D eigenvalue weighted by molar-refractivity contribution is -0.127. The summed E-state index contributed by atoms with van der Waals surface area (Å²) in [6, 6.07) is 7.94. The minimum atomic E-state index is -0.265. The summed E-state index contributed by atoms with van der Waals surface area (Å²) in [6.07, 6.45) is 2.40. The standard InChI is InChI=1S/C14H20N2O2/c1-16(14(17)13-3-2-10-18-13)12-6-4-11(5-7-12)8-9-15/h4-7,13H,2-3,8-10,15H2,1H3. The lowest BCUT2D eigenvalue weighted by Gasteiger charge is -2.21. The molecule has 1 aromatic rings. The van der Waals surface area contributed by atoms with Crippen LogP contribution in [0.1, 0.15) is 18.4 Å². The van der Waals surface area contributed by atoms with E-state index < -0.39 is 0 Å². The van der Waals surface area contributed by atoms with E-state index in [1.54, 1.807) is 11.9 Å². The maximum absolute atomic E-state index is 12.1. The average molecular weight is 248 g/mol. The van der Waals surface area contributed by atoms with Gasteiger partial charge >= 0.3 is 0 Å². The van der Waals surface area contributed by atoms with E-state index in [9.17, 15) is 4.79 Å². The van der Waals surface area contributed by atoms with Crippen LogP contribution in [0.2, 0.25) is 0 Å². The largest absolute Gasteiger partial charge is 0.368 e. The van der Waals surface area contributed by atoms with Crippen LogP contribution in [0, 0.1) is 0 Å². The van der Waals surface area contributed by atoms with Crippen LogP contribution in [-0.2, 0) is 16.0 Å². The number of likely N-dealkylation sites (N-methyl/N-ethyl adjacent to an activating group) is 1. The number of nitrogens with zero attached hydrogens (tertiary/aromatic N) is 1. The van der Waals surface area contributed by atoms with Gasteiger partial charge in [-0.05, 0) is 43.5 Å². The van der Waals surface area contributed by atoms with Gasteiger partial charge in [0.05, 0.1) is 0 Å². The molecule has 0 aliphatic carbocycles. The minimum absolute atomic E-state index is 0.0408. The van der Waals surface area contributed by atoms with E-state index >= 15 is 0 Å². The zero-order valence-electron chi connectivity index (χ0n) is 10.8. The number of benzene rings is 1. The Hall–Kier alpha value is -1.39. The Morgan fingerprint density at radius 1 is 1.44 bits per heavy atom. The van der Waals surface area contributed by atoms with Crippen molar-refractivity contribution in [3.05, 3.63) is 29.8 Å². The summed E-state index contributed by atoms with van der Waals surface area (Å²) >= 11 is 0. The van der Waals surface area contributed by atoms with E-state index in [0.717, 1.165) is 24.9 Å². The van der Waals surface area contributed by atoms with Crippen LogP contribution >= 0.6 is 0 Å². The van der Waals surface area contributed by atoms with E-state index in [-0.39, 0.29) is 12.0 Å². The van der Waals surface area contributed by atoms with E-state index in [4.69, 9.17) is 10.5 Å². The first-order valence-electron chi connectivity index (χ1n) is 6.40. The molecule has 18 heavy (non-hydrogen) atoms. The van der Waals surface area contributed by atoms with Crippen LogP contribution in [0.4, 0.5) is 5.69 Å². The van der Waals surface area contributed by atoms with Gasteiger partial charge in [-0.15, -0.1) is 0 Å². The summed E-state index contributed by atoms with van der Waals surface area (Å²) in [6.45, 7) is 1.34. The molecule has 0 aromatic heterocycles. The van der Waals surface area contributed by atoms with Crippen LogP contribution in [0.25, 0.3) is 0 Å². The summed E-state index contributed by atoms with van der Waals surface area (Å²) in [5.74, 6) is 0.0408. The molecule has 1 amide bonds. The van der Waals surface area contributed by atoms with Crippen molar-refractivity contribution < 1.29 is 9.53 Å². The van der Waals surface area contributed by atoms with Crippen molar-refractivity contribution in [3.63, 3.8) is 0 Å². The third-order valence-electron chi connectivity index (χ3n) is 3.29. The maximum atomic E-state index is 12.1. The second kappa shape index (κ2) is 5.98. The fraction of sp³-hybridized carbons (Fsp3) is 0.500. The summed E-state index contributed by atoms with van der Waals surface area (Å²) in [7, 11) is 1.79. The van der Waals surface area contributed by atoms with E-state index in [0.29, 0.717) is 13.2 Å². The lowest BCUT2D eigenvalue weighted by atomic mass is 10.1. The van der Waals surface area contributed by atoms with Gasteiger partial charge < -0.3 is 15.4 Å². The summed E-state index contributed by atoms with van der Waals surface area (Å²) in [4.78, 5) is 13.8. The van der Waals surface area contributed by atoms with Gasteiger partial charge in [0, 0.05) is 19.3 Å². The molecule has 1 heterocycles. The number of carbonyl (C=O) groups is 1. The molecule has 1 aliphatic heterocycles. The number of ether oxygens (including phenoxy) is 1. The number of rotatable bonds is 4. The van der Waals surface area contributed by atoms with Crippen LogP contribution < -0.4 is 10.6 Å². The van der Waals surface area contributed by atoms with Gasteiger partial charge in [-0.2, -0.15) is 0 Å². The van der Waals surface area contributed by atoms with E-state index in [2.05, 4.69) is 0 Å². The Kier molecular flexibility index (Phi) is 4.33. The normalized spacial score (nSPS) is 18.9. The third-order valence-corrected chi connectivity index (χ3v) is 3.29. The Morgan fingerprint density at radius 3 is 2.72 bits per heavy atom.